The van der Waals surface area contributed by atoms with Crippen LogP contribution in [0.15, 0.2) is 60.7 Å². The summed E-state index contributed by atoms with van der Waals surface area (Å²) in [4.78, 5) is 53.3. The highest BCUT2D eigenvalue weighted by Crippen LogP contribution is 2.32. The molecule has 268 valence electrons. The number of esters is 2. The molecule has 1 heterocycles. The minimum Gasteiger partial charge on any atom is -0.460 e. The summed E-state index contributed by atoms with van der Waals surface area (Å²) in [6.07, 6.45) is 0.420. The van der Waals surface area contributed by atoms with Gasteiger partial charge in [0.05, 0.1) is 6.04 Å². The van der Waals surface area contributed by atoms with Crippen LogP contribution in [0, 0.1) is 5.92 Å². The summed E-state index contributed by atoms with van der Waals surface area (Å²) in [7, 11) is 0. The summed E-state index contributed by atoms with van der Waals surface area (Å²) >= 11 is 0. The van der Waals surface area contributed by atoms with Gasteiger partial charge in [-0.05, 0) is 42.9 Å². The summed E-state index contributed by atoms with van der Waals surface area (Å²) in [6.45, 7) is 6.08. The number of carbonyl (C=O) groups excluding carboxylic acids is 4. The van der Waals surface area contributed by atoms with Crippen molar-refractivity contribution in [1.82, 2.24) is 10.2 Å². The van der Waals surface area contributed by atoms with Crippen molar-refractivity contribution in [3.05, 3.63) is 71.8 Å². The second-order valence-electron chi connectivity index (χ2n) is 11.7. The number of likely N-dealkylation sites (tertiary alicyclic amines) is 1. The number of nitrogens with one attached hydrogen (secondary N) is 1. The molecule has 6 N–H and O–H groups in total. The predicted octanol–water partition coefficient (Wildman–Crippen LogP) is 3.79. The van der Waals surface area contributed by atoms with Crippen LogP contribution in [-0.4, -0.2) is 78.1 Å². The maximum atomic E-state index is 13.4. The molecule has 1 unspecified atom stereocenters. The first-order valence-electron chi connectivity index (χ1n) is 16.0. The molecule has 12 nitrogen and oxygen atoms in total. The minimum atomic E-state index is -2.00. The molecule has 0 bridgehead atoms. The van der Waals surface area contributed by atoms with Crippen LogP contribution >= 0.6 is 24.8 Å². The Kier molecular flexibility index (Phi) is 18.5. The first-order chi connectivity index (χ1) is 22.0. The van der Waals surface area contributed by atoms with E-state index in [1.54, 1.807) is 60.7 Å². The quantitative estimate of drug-likeness (QED) is 0.120. The number of unbranched alkanes of at least 4 members (excludes halogenated alkanes) is 1. The zero-order valence-electron chi connectivity index (χ0n) is 27.7. The van der Waals surface area contributed by atoms with Crippen LogP contribution < -0.4 is 16.8 Å². The molecule has 1 aliphatic heterocycles. The maximum Gasteiger partial charge on any atom is 0.412 e. The van der Waals surface area contributed by atoms with E-state index in [-0.39, 0.29) is 43.8 Å². The Labute approximate surface area is 295 Å². The second kappa shape index (κ2) is 20.8. The van der Waals surface area contributed by atoms with Crippen molar-refractivity contribution in [3.63, 3.8) is 0 Å². The van der Waals surface area contributed by atoms with Crippen molar-refractivity contribution in [2.45, 2.75) is 89.4 Å². The third kappa shape index (κ3) is 11.6. The normalized spacial score (nSPS) is 15.8. The molecule has 0 aliphatic carbocycles. The first-order valence-corrected chi connectivity index (χ1v) is 16.0. The number of nitrogens with two attached hydrogens (primary N) is 2. The van der Waals surface area contributed by atoms with E-state index < -0.39 is 54.0 Å². The minimum absolute atomic E-state index is 0. The van der Waals surface area contributed by atoms with Gasteiger partial charge in [-0.2, -0.15) is 0 Å². The van der Waals surface area contributed by atoms with Crippen molar-refractivity contribution >= 4 is 48.8 Å². The number of halogens is 2. The van der Waals surface area contributed by atoms with Gasteiger partial charge in [0.2, 0.25) is 17.8 Å². The molecule has 2 amide bonds. The highest BCUT2D eigenvalue weighted by atomic mass is 35.5. The van der Waals surface area contributed by atoms with Crippen molar-refractivity contribution in [2.24, 2.45) is 17.4 Å². The number of aliphatic hydroxyl groups is 1. The zero-order valence-corrected chi connectivity index (χ0v) is 29.4. The molecule has 48 heavy (non-hydrogen) atoms. The number of ether oxygens (including phenoxy) is 3. The van der Waals surface area contributed by atoms with E-state index in [1.807, 2.05) is 13.8 Å². The van der Waals surface area contributed by atoms with Gasteiger partial charge in [0.25, 0.3) is 0 Å². The molecule has 2 aromatic rings. The third-order valence-corrected chi connectivity index (χ3v) is 8.31. The smallest absolute Gasteiger partial charge is 0.412 e. The lowest BCUT2D eigenvalue weighted by Crippen LogP contribution is -2.51. The fourth-order valence-corrected chi connectivity index (χ4v) is 5.16. The van der Waals surface area contributed by atoms with Crippen molar-refractivity contribution in [1.29, 1.82) is 0 Å². The van der Waals surface area contributed by atoms with Crippen molar-refractivity contribution in [2.75, 3.05) is 19.6 Å². The molecule has 0 radical (unpaired) electrons. The van der Waals surface area contributed by atoms with Crippen molar-refractivity contribution < 1.29 is 38.5 Å². The van der Waals surface area contributed by atoms with Gasteiger partial charge in [0.15, 0.2) is 0 Å². The van der Waals surface area contributed by atoms with Crippen LogP contribution in [-0.2, 0) is 34.2 Å². The van der Waals surface area contributed by atoms with E-state index in [0.29, 0.717) is 56.2 Å². The molecule has 1 fully saturated rings. The van der Waals surface area contributed by atoms with Gasteiger partial charge in [-0.1, -0.05) is 80.9 Å². The van der Waals surface area contributed by atoms with Crippen LogP contribution in [0.5, 0.6) is 0 Å². The van der Waals surface area contributed by atoms with E-state index >= 15 is 0 Å². The number of nitrogens with zero attached hydrogens (tertiary/aromatic N) is 1. The van der Waals surface area contributed by atoms with Crippen LogP contribution in [0.3, 0.4) is 0 Å². The topological polar surface area (TPSA) is 184 Å². The number of benzene rings is 2. The summed E-state index contributed by atoms with van der Waals surface area (Å²) in [5, 5.41) is 14.3. The molecule has 14 heteroatoms. The monoisotopic (exact) mass is 712 g/mol. The Morgan fingerprint density at radius 3 is 1.98 bits per heavy atom. The number of piperidine rings is 1. The summed E-state index contributed by atoms with van der Waals surface area (Å²) in [5.41, 5.74) is 10.4. The molecule has 4 atom stereocenters. The van der Waals surface area contributed by atoms with Gasteiger partial charge in [0, 0.05) is 32.9 Å². The summed E-state index contributed by atoms with van der Waals surface area (Å²) in [5.74, 6) is -2.07. The lowest BCUT2D eigenvalue weighted by molar-refractivity contribution is -0.171. The van der Waals surface area contributed by atoms with Gasteiger partial charge < -0.3 is 41.0 Å². The second-order valence-corrected chi connectivity index (χ2v) is 11.7. The number of amides is 2. The van der Waals surface area contributed by atoms with Gasteiger partial charge in [-0.15, -0.1) is 24.8 Å². The average molecular weight is 714 g/mol. The standard InChI is InChI=1S/C34H48N4O8.2ClH/c1-4-23(2)29(36)30(39)37-28(17-11-12-20-35)31(40)44-24(3)45-33(42)38-21-18-27(19-22-38)46-32(41)34(43,25-13-7-5-8-14-25)26-15-9-6-10-16-26;;/h5-10,13-16,23-24,27-29,43H,4,11-12,17-22,35-36H2,1-3H3,(H,37,39);2*1H/t23-,24?,28-,29-;;/m0../s1. The van der Waals surface area contributed by atoms with Crippen LogP contribution in [0.1, 0.15) is 70.4 Å². The summed E-state index contributed by atoms with van der Waals surface area (Å²) in [6, 6.07) is 15.4. The fraction of sp³-hybridized carbons (Fsp3) is 0.529. The lowest BCUT2D eigenvalue weighted by Gasteiger charge is -2.34. The fourth-order valence-electron chi connectivity index (χ4n) is 5.16. The number of rotatable bonds is 15. The first kappa shape index (κ1) is 42.6. The zero-order chi connectivity index (χ0) is 33.7. The van der Waals surface area contributed by atoms with Crippen LogP contribution in [0.4, 0.5) is 4.79 Å². The Bertz CT molecular complexity index is 1240. The molecule has 0 spiro atoms. The predicted molar refractivity (Wildman–Crippen MR) is 185 cm³/mol. The molecule has 0 aromatic heterocycles. The Hall–Kier alpha value is -3.42. The highest BCUT2D eigenvalue weighted by molar-refractivity contribution is 5.88. The molecular formula is C34H50Cl2N4O8. The number of hydrogen-bond acceptors (Lipinski definition) is 10. The molecular weight excluding hydrogens is 663 g/mol. The van der Waals surface area contributed by atoms with Crippen molar-refractivity contribution in [3.8, 4) is 0 Å². The maximum absolute atomic E-state index is 13.4. The largest absolute Gasteiger partial charge is 0.460 e. The molecule has 2 aromatic carbocycles. The van der Waals surface area contributed by atoms with Gasteiger partial charge in [-0.25, -0.2) is 14.4 Å². The average Bonchev–Trinajstić information content (AvgIpc) is 3.07. The molecule has 3 rings (SSSR count). The Morgan fingerprint density at radius 2 is 1.48 bits per heavy atom. The molecule has 0 saturated carbocycles. The van der Waals surface area contributed by atoms with E-state index in [2.05, 4.69) is 5.32 Å². The Balaban J connectivity index is 0.00000576. The van der Waals surface area contributed by atoms with Crippen LogP contribution in [0.25, 0.3) is 0 Å². The summed E-state index contributed by atoms with van der Waals surface area (Å²) < 4.78 is 16.5. The lowest BCUT2D eigenvalue weighted by atomic mass is 9.86. The molecule has 1 aliphatic rings. The number of hydrogen-bond donors (Lipinski definition) is 4. The Morgan fingerprint density at radius 1 is 0.938 bits per heavy atom. The van der Waals surface area contributed by atoms with E-state index in [1.165, 1.54) is 11.8 Å². The van der Waals surface area contributed by atoms with Gasteiger partial charge >= 0.3 is 18.0 Å². The third-order valence-electron chi connectivity index (χ3n) is 8.31. The molecule has 1 saturated heterocycles. The van der Waals surface area contributed by atoms with Gasteiger partial charge in [-0.3, -0.25) is 4.79 Å². The SMILES string of the molecule is CC[C@H](C)[C@H](N)C(=O)N[C@@H](CCCCN)C(=O)OC(C)OC(=O)N1CCC(OC(=O)C(O)(c2ccccc2)c2ccccc2)CC1.Cl.Cl. The van der Waals surface area contributed by atoms with Crippen LogP contribution in [0.2, 0.25) is 0 Å². The van der Waals surface area contributed by atoms with E-state index in [0.717, 1.165) is 0 Å². The van der Waals surface area contributed by atoms with E-state index in [9.17, 15) is 24.3 Å². The van der Waals surface area contributed by atoms with Gasteiger partial charge in [0.1, 0.15) is 12.1 Å². The highest BCUT2D eigenvalue weighted by Gasteiger charge is 2.43. The van der Waals surface area contributed by atoms with E-state index in [4.69, 9.17) is 25.7 Å². The number of carbonyl (C=O) groups is 4.